The quantitative estimate of drug-likeness (QED) is 0.838. The molecule has 7 heteroatoms. The van der Waals surface area contributed by atoms with Crippen LogP contribution < -0.4 is 5.48 Å². The average Bonchev–Trinajstić information content (AvgIpc) is 3.12. The number of amides is 2. The van der Waals surface area contributed by atoms with E-state index in [9.17, 15) is 9.59 Å². The van der Waals surface area contributed by atoms with Crippen LogP contribution in [0.1, 0.15) is 11.1 Å². The van der Waals surface area contributed by atoms with E-state index in [1.54, 1.807) is 18.2 Å². The first kappa shape index (κ1) is 16.1. The Labute approximate surface area is 153 Å². The van der Waals surface area contributed by atoms with E-state index in [-0.39, 0.29) is 18.0 Å². The van der Waals surface area contributed by atoms with Crippen molar-refractivity contribution in [2.45, 2.75) is 12.6 Å². The number of nitrogens with one attached hydrogen (secondary N) is 1. The van der Waals surface area contributed by atoms with Gasteiger partial charge in [0.05, 0.1) is 22.8 Å². The molecule has 25 heavy (non-hydrogen) atoms. The summed E-state index contributed by atoms with van der Waals surface area (Å²) < 4.78 is 0. The van der Waals surface area contributed by atoms with Gasteiger partial charge in [0, 0.05) is 10.6 Å². The minimum absolute atomic E-state index is 0.198. The minimum Gasteiger partial charge on any atom is -0.271 e. The fourth-order valence-corrected chi connectivity index (χ4v) is 3.45. The van der Waals surface area contributed by atoms with Gasteiger partial charge in [-0.2, -0.15) is 0 Å². The maximum absolute atomic E-state index is 12.8. The summed E-state index contributed by atoms with van der Waals surface area (Å²) in [5.74, 6) is -0.777. The maximum atomic E-state index is 12.8. The summed E-state index contributed by atoms with van der Waals surface area (Å²) in [6.07, 6.45) is -0.960. The molecule has 0 radical (unpaired) electrons. The van der Waals surface area contributed by atoms with Crippen LogP contribution in [-0.4, -0.2) is 22.8 Å². The average molecular weight is 375 g/mol. The molecule has 2 heterocycles. The molecule has 2 aromatic rings. The lowest BCUT2D eigenvalue weighted by molar-refractivity contribution is -0.144. The Morgan fingerprint density at radius 1 is 1.08 bits per heavy atom. The Balaban J connectivity index is 1.72. The lowest BCUT2D eigenvalue weighted by atomic mass is 10.0. The summed E-state index contributed by atoms with van der Waals surface area (Å²) in [5, 5.41) is 0.850. The molecule has 5 nitrogen and oxygen atoms in total. The van der Waals surface area contributed by atoms with Crippen LogP contribution >= 0.6 is 23.2 Å². The zero-order valence-electron chi connectivity index (χ0n) is 12.8. The Bertz CT molecular complexity index is 912. The van der Waals surface area contributed by atoms with Crippen molar-refractivity contribution in [1.82, 2.24) is 10.4 Å². The van der Waals surface area contributed by atoms with Crippen LogP contribution in [-0.2, 0) is 21.0 Å². The Morgan fingerprint density at radius 2 is 1.84 bits per heavy atom. The van der Waals surface area contributed by atoms with Gasteiger partial charge in [-0.15, -0.1) is 0 Å². The zero-order chi connectivity index (χ0) is 17.6. The van der Waals surface area contributed by atoms with Gasteiger partial charge in [0.15, 0.2) is 6.10 Å². The van der Waals surface area contributed by atoms with E-state index in [1.165, 1.54) is 4.90 Å². The Morgan fingerprint density at radius 3 is 2.56 bits per heavy atom. The molecule has 0 aliphatic carbocycles. The van der Waals surface area contributed by atoms with Gasteiger partial charge in [0.25, 0.3) is 11.8 Å². The number of hydroxylamine groups is 1. The summed E-state index contributed by atoms with van der Waals surface area (Å²) in [6, 6.07) is 14.2. The molecule has 2 aliphatic heterocycles. The number of hydrogen-bond donors (Lipinski definition) is 1. The number of benzene rings is 2. The number of rotatable bonds is 3. The molecular formula is C18H12Cl2N2O3. The van der Waals surface area contributed by atoms with Crippen LogP contribution in [0.3, 0.4) is 0 Å². The second-order valence-electron chi connectivity index (χ2n) is 5.73. The van der Waals surface area contributed by atoms with E-state index in [1.807, 2.05) is 30.3 Å². The van der Waals surface area contributed by atoms with E-state index in [2.05, 4.69) is 5.48 Å². The van der Waals surface area contributed by atoms with Crippen LogP contribution in [0, 0.1) is 0 Å². The molecule has 2 aliphatic rings. The van der Waals surface area contributed by atoms with Gasteiger partial charge >= 0.3 is 0 Å². The standard InChI is InChI=1S/C18H12Cl2N2O3/c19-11-6-7-12(13(20)8-11)15-14-16(25-21-15)18(24)22(17(14)23)9-10-4-2-1-3-5-10/h1-8,16,21H,9H2/t16-/m0/s1. The topological polar surface area (TPSA) is 58.6 Å². The normalized spacial score (nSPS) is 19.4. The third kappa shape index (κ3) is 2.70. The monoisotopic (exact) mass is 374 g/mol. The summed E-state index contributed by atoms with van der Waals surface area (Å²) in [6.45, 7) is 0.198. The number of fused-ring (bicyclic) bond motifs is 1. The van der Waals surface area contributed by atoms with Crippen molar-refractivity contribution < 1.29 is 14.4 Å². The third-order valence-corrected chi connectivity index (χ3v) is 4.71. The van der Waals surface area contributed by atoms with E-state index < -0.39 is 12.0 Å². The molecule has 1 saturated heterocycles. The molecule has 2 amide bonds. The van der Waals surface area contributed by atoms with Gasteiger partial charge in [-0.1, -0.05) is 53.5 Å². The minimum atomic E-state index is -0.960. The first-order valence-corrected chi connectivity index (χ1v) is 8.33. The highest BCUT2D eigenvalue weighted by Crippen LogP contribution is 2.37. The number of carbonyl (C=O) groups excluding carboxylic acids is 2. The van der Waals surface area contributed by atoms with Crippen molar-refractivity contribution in [1.29, 1.82) is 0 Å². The van der Waals surface area contributed by atoms with E-state index >= 15 is 0 Å². The SMILES string of the molecule is O=C1C2=C(c3ccc(Cl)cc3Cl)NO[C@@H]2C(=O)N1Cc1ccccc1. The van der Waals surface area contributed by atoms with E-state index in [0.29, 0.717) is 21.3 Å². The summed E-state index contributed by atoms with van der Waals surface area (Å²) in [5.41, 5.74) is 4.76. The number of imide groups is 1. The number of hydrogen-bond acceptors (Lipinski definition) is 4. The number of carbonyl (C=O) groups is 2. The molecule has 2 aromatic carbocycles. The molecule has 0 unspecified atom stereocenters. The van der Waals surface area contributed by atoms with E-state index in [4.69, 9.17) is 28.0 Å². The molecule has 1 N–H and O–H groups in total. The number of halogens is 2. The number of likely N-dealkylation sites (tertiary alicyclic amines) is 1. The van der Waals surface area contributed by atoms with Gasteiger partial charge in [-0.05, 0) is 23.8 Å². The lowest BCUT2D eigenvalue weighted by Gasteiger charge is -2.16. The molecule has 0 aromatic heterocycles. The molecule has 1 atom stereocenters. The van der Waals surface area contributed by atoms with Crippen molar-refractivity contribution in [2.75, 3.05) is 0 Å². The lowest BCUT2D eigenvalue weighted by Crippen LogP contribution is -2.33. The first-order valence-electron chi connectivity index (χ1n) is 7.57. The van der Waals surface area contributed by atoms with Crippen LogP contribution in [0.2, 0.25) is 10.0 Å². The smallest absolute Gasteiger partial charge is 0.266 e. The molecule has 1 fully saturated rings. The first-order chi connectivity index (χ1) is 12.1. The largest absolute Gasteiger partial charge is 0.271 e. The zero-order valence-corrected chi connectivity index (χ0v) is 14.3. The van der Waals surface area contributed by atoms with Crippen LogP contribution in [0.5, 0.6) is 0 Å². The summed E-state index contributed by atoms with van der Waals surface area (Å²) >= 11 is 12.1. The van der Waals surface area contributed by atoms with Crippen molar-refractivity contribution in [2.24, 2.45) is 0 Å². The Kier molecular flexibility index (Phi) is 4.00. The number of nitrogens with zero attached hydrogens (tertiary/aromatic N) is 1. The molecule has 0 bridgehead atoms. The molecule has 0 saturated carbocycles. The second kappa shape index (κ2) is 6.19. The van der Waals surface area contributed by atoms with Gasteiger partial charge in [0.1, 0.15) is 0 Å². The van der Waals surface area contributed by atoms with Crippen LogP contribution in [0.4, 0.5) is 0 Å². The molecule has 0 spiro atoms. The van der Waals surface area contributed by atoms with Gasteiger partial charge in [0.2, 0.25) is 0 Å². The van der Waals surface area contributed by atoms with Crippen molar-refractivity contribution in [3.63, 3.8) is 0 Å². The summed E-state index contributed by atoms with van der Waals surface area (Å²) in [4.78, 5) is 31.9. The fraction of sp³-hybridized carbons (Fsp3) is 0.111. The highest BCUT2D eigenvalue weighted by molar-refractivity contribution is 6.36. The predicted molar refractivity (Wildman–Crippen MR) is 93.4 cm³/mol. The Hall–Kier alpha value is -2.34. The predicted octanol–water partition coefficient (Wildman–Crippen LogP) is 3.18. The van der Waals surface area contributed by atoms with Crippen molar-refractivity contribution in [3.05, 3.63) is 75.3 Å². The fourth-order valence-electron chi connectivity index (χ4n) is 2.95. The van der Waals surface area contributed by atoms with E-state index in [0.717, 1.165) is 5.56 Å². The van der Waals surface area contributed by atoms with Crippen LogP contribution in [0.25, 0.3) is 5.70 Å². The van der Waals surface area contributed by atoms with Gasteiger partial charge < -0.3 is 0 Å². The highest BCUT2D eigenvalue weighted by atomic mass is 35.5. The van der Waals surface area contributed by atoms with Gasteiger partial charge in [-0.3, -0.25) is 24.8 Å². The van der Waals surface area contributed by atoms with Crippen molar-refractivity contribution >= 4 is 40.7 Å². The van der Waals surface area contributed by atoms with Crippen LogP contribution in [0.15, 0.2) is 54.1 Å². The molecule has 4 rings (SSSR count). The molecular weight excluding hydrogens is 363 g/mol. The van der Waals surface area contributed by atoms with Crippen molar-refractivity contribution in [3.8, 4) is 0 Å². The molecule has 126 valence electrons. The second-order valence-corrected chi connectivity index (χ2v) is 6.57. The maximum Gasteiger partial charge on any atom is 0.266 e. The summed E-state index contributed by atoms with van der Waals surface area (Å²) in [7, 11) is 0. The van der Waals surface area contributed by atoms with Gasteiger partial charge in [-0.25, -0.2) is 0 Å². The third-order valence-electron chi connectivity index (χ3n) is 4.16. The highest BCUT2D eigenvalue weighted by Gasteiger charge is 2.50.